The zero-order chi connectivity index (χ0) is 15.4. The van der Waals surface area contributed by atoms with E-state index in [1.165, 1.54) is 0 Å². The summed E-state index contributed by atoms with van der Waals surface area (Å²) < 4.78 is 1.99. The van der Waals surface area contributed by atoms with Crippen molar-refractivity contribution >= 4 is 28.5 Å². The SMILES string of the molecule is CCN(CC)C(=O)C(C)n1c(CCCl)nc2cnccc21. The second kappa shape index (κ2) is 6.89. The lowest BCUT2D eigenvalue weighted by molar-refractivity contribution is -0.133. The first-order valence-corrected chi connectivity index (χ1v) is 7.83. The fourth-order valence-electron chi connectivity index (χ4n) is 2.60. The molecule has 1 unspecified atom stereocenters. The average Bonchev–Trinajstić information content (AvgIpc) is 2.86. The highest BCUT2D eigenvalue weighted by Gasteiger charge is 2.24. The number of aromatic nitrogens is 3. The van der Waals surface area contributed by atoms with Crippen LogP contribution in [0.4, 0.5) is 0 Å². The van der Waals surface area contributed by atoms with Crippen LogP contribution in [-0.2, 0) is 11.2 Å². The molecule has 1 atom stereocenters. The van der Waals surface area contributed by atoms with Crippen molar-refractivity contribution in [1.29, 1.82) is 0 Å². The van der Waals surface area contributed by atoms with E-state index in [1.54, 1.807) is 12.4 Å². The molecule has 2 heterocycles. The van der Waals surface area contributed by atoms with Crippen LogP contribution in [0.15, 0.2) is 18.5 Å². The lowest BCUT2D eigenvalue weighted by Crippen LogP contribution is -2.36. The van der Waals surface area contributed by atoms with E-state index >= 15 is 0 Å². The molecule has 0 aromatic carbocycles. The second-order valence-electron chi connectivity index (χ2n) is 4.89. The van der Waals surface area contributed by atoms with Crippen LogP contribution in [-0.4, -0.2) is 44.3 Å². The van der Waals surface area contributed by atoms with Gasteiger partial charge in [0.15, 0.2) is 0 Å². The van der Waals surface area contributed by atoms with Gasteiger partial charge in [-0.3, -0.25) is 9.78 Å². The van der Waals surface area contributed by atoms with Crippen LogP contribution in [0, 0.1) is 0 Å². The summed E-state index contributed by atoms with van der Waals surface area (Å²) in [6.45, 7) is 7.31. The number of carbonyl (C=O) groups is 1. The standard InChI is InChI=1S/C15H21ClN4O/c1-4-19(5-2)15(21)11(3)20-13-7-9-17-10-12(13)18-14(20)6-8-16/h7,9-11H,4-6,8H2,1-3H3. The molecule has 0 N–H and O–H groups in total. The Bertz CT molecular complexity index is 621. The van der Waals surface area contributed by atoms with E-state index in [2.05, 4.69) is 9.97 Å². The van der Waals surface area contributed by atoms with Crippen LogP contribution in [0.2, 0.25) is 0 Å². The zero-order valence-electron chi connectivity index (χ0n) is 12.7. The molecule has 0 radical (unpaired) electrons. The summed E-state index contributed by atoms with van der Waals surface area (Å²) in [5.74, 6) is 1.41. The van der Waals surface area contributed by atoms with Gasteiger partial charge in [-0.05, 0) is 26.8 Å². The van der Waals surface area contributed by atoms with Crippen molar-refractivity contribution in [3.8, 4) is 0 Å². The van der Waals surface area contributed by atoms with Gasteiger partial charge in [-0.2, -0.15) is 0 Å². The molecule has 0 fully saturated rings. The van der Waals surface area contributed by atoms with Crippen LogP contribution in [0.25, 0.3) is 11.0 Å². The predicted octanol–water partition coefficient (Wildman–Crippen LogP) is 2.64. The summed E-state index contributed by atoms with van der Waals surface area (Å²) in [6.07, 6.45) is 4.07. The van der Waals surface area contributed by atoms with Gasteiger partial charge in [0.05, 0.1) is 11.7 Å². The third-order valence-electron chi connectivity index (χ3n) is 3.70. The number of hydrogen-bond donors (Lipinski definition) is 0. The Morgan fingerprint density at radius 2 is 2.14 bits per heavy atom. The molecule has 6 heteroatoms. The first-order chi connectivity index (χ1) is 10.1. The second-order valence-corrected chi connectivity index (χ2v) is 5.27. The monoisotopic (exact) mass is 308 g/mol. The minimum Gasteiger partial charge on any atom is -0.341 e. The van der Waals surface area contributed by atoms with Crippen molar-refractivity contribution < 1.29 is 4.79 Å². The molecule has 0 aliphatic heterocycles. The molecule has 1 amide bonds. The molecule has 114 valence electrons. The van der Waals surface area contributed by atoms with Crippen molar-refractivity contribution in [2.24, 2.45) is 0 Å². The number of halogens is 1. The molecule has 0 saturated heterocycles. The number of nitrogens with zero attached hydrogens (tertiary/aromatic N) is 4. The maximum absolute atomic E-state index is 12.6. The predicted molar refractivity (Wildman–Crippen MR) is 84.6 cm³/mol. The van der Waals surface area contributed by atoms with Crippen LogP contribution in [0.1, 0.15) is 32.6 Å². The zero-order valence-corrected chi connectivity index (χ0v) is 13.5. The molecular formula is C15H21ClN4O. The molecular weight excluding hydrogens is 288 g/mol. The summed E-state index contributed by atoms with van der Waals surface area (Å²) in [4.78, 5) is 23.1. The molecule has 2 aromatic rings. The molecule has 2 rings (SSSR count). The minimum absolute atomic E-state index is 0.104. The lowest BCUT2D eigenvalue weighted by Gasteiger charge is -2.25. The molecule has 21 heavy (non-hydrogen) atoms. The number of hydrogen-bond acceptors (Lipinski definition) is 3. The number of fused-ring (bicyclic) bond motifs is 1. The van der Waals surface area contributed by atoms with Gasteiger partial charge < -0.3 is 9.47 Å². The van der Waals surface area contributed by atoms with Crippen molar-refractivity contribution in [1.82, 2.24) is 19.4 Å². The highest BCUT2D eigenvalue weighted by Crippen LogP contribution is 2.22. The van der Waals surface area contributed by atoms with Crippen LogP contribution in [0.5, 0.6) is 0 Å². The van der Waals surface area contributed by atoms with Crippen molar-refractivity contribution in [2.45, 2.75) is 33.2 Å². The molecule has 2 aromatic heterocycles. The Kier molecular flexibility index (Phi) is 5.17. The Morgan fingerprint density at radius 3 is 2.76 bits per heavy atom. The van der Waals surface area contributed by atoms with Gasteiger partial charge in [0.1, 0.15) is 17.4 Å². The van der Waals surface area contributed by atoms with Gasteiger partial charge in [0.2, 0.25) is 5.91 Å². The summed E-state index contributed by atoms with van der Waals surface area (Å²) in [7, 11) is 0. The smallest absolute Gasteiger partial charge is 0.245 e. The van der Waals surface area contributed by atoms with E-state index < -0.39 is 0 Å². The van der Waals surface area contributed by atoms with Crippen molar-refractivity contribution in [3.63, 3.8) is 0 Å². The van der Waals surface area contributed by atoms with Crippen LogP contribution in [0.3, 0.4) is 0 Å². The van der Waals surface area contributed by atoms with Crippen molar-refractivity contribution in [3.05, 3.63) is 24.3 Å². The topological polar surface area (TPSA) is 51.0 Å². The van der Waals surface area contributed by atoms with E-state index in [4.69, 9.17) is 11.6 Å². The Hall–Kier alpha value is -1.62. The Balaban J connectivity index is 2.47. The number of amides is 1. The number of alkyl halides is 1. The Labute approximate surface area is 129 Å². The van der Waals surface area contributed by atoms with E-state index in [-0.39, 0.29) is 11.9 Å². The number of rotatable bonds is 6. The van der Waals surface area contributed by atoms with E-state index in [1.807, 2.05) is 36.3 Å². The number of carbonyl (C=O) groups excluding carboxylic acids is 1. The fourth-order valence-corrected chi connectivity index (χ4v) is 2.77. The normalized spacial score (nSPS) is 12.6. The van der Waals surface area contributed by atoms with Crippen LogP contribution < -0.4 is 0 Å². The molecule has 0 aliphatic rings. The summed E-state index contributed by atoms with van der Waals surface area (Å²) >= 11 is 5.87. The molecule has 0 bridgehead atoms. The number of likely N-dealkylation sites (N-methyl/N-ethyl adjacent to an activating group) is 1. The third kappa shape index (κ3) is 3.02. The molecule has 0 spiro atoms. The van der Waals surface area contributed by atoms with Gasteiger partial charge in [-0.25, -0.2) is 4.98 Å². The Morgan fingerprint density at radius 1 is 1.43 bits per heavy atom. The summed E-state index contributed by atoms with van der Waals surface area (Å²) in [5.41, 5.74) is 1.73. The van der Waals surface area contributed by atoms with Gasteiger partial charge in [-0.1, -0.05) is 0 Å². The van der Waals surface area contributed by atoms with E-state index in [0.717, 1.165) is 16.9 Å². The maximum Gasteiger partial charge on any atom is 0.245 e. The third-order valence-corrected chi connectivity index (χ3v) is 3.89. The first-order valence-electron chi connectivity index (χ1n) is 7.29. The van der Waals surface area contributed by atoms with E-state index in [9.17, 15) is 4.79 Å². The van der Waals surface area contributed by atoms with Gasteiger partial charge in [-0.15, -0.1) is 11.6 Å². The van der Waals surface area contributed by atoms with Gasteiger partial charge in [0.25, 0.3) is 0 Å². The minimum atomic E-state index is -0.296. The summed E-state index contributed by atoms with van der Waals surface area (Å²) in [6, 6.07) is 1.60. The fraction of sp³-hybridized carbons (Fsp3) is 0.533. The number of aryl methyl sites for hydroxylation is 1. The lowest BCUT2D eigenvalue weighted by atomic mass is 10.2. The van der Waals surface area contributed by atoms with E-state index in [0.29, 0.717) is 25.4 Å². The number of pyridine rings is 1. The molecule has 0 aliphatic carbocycles. The molecule has 5 nitrogen and oxygen atoms in total. The maximum atomic E-state index is 12.6. The van der Waals surface area contributed by atoms with Crippen molar-refractivity contribution in [2.75, 3.05) is 19.0 Å². The molecule has 0 saturated carbocycles. The van der Waals surface area contributed by atoms with Crippen LogP contribution >= 0.6 is 11.6 Å². The summed E-state index contributed by atoms with van der Waals surface area (Å²) in [5, 5.41) is 0. The quantitative estimate of drug-likeness (QED) is 0.771. The van der Waals surface area contributed by atoms with Gasteiger partial charge >= 0.3 is 0 Å². The highest BCUT2D eigenvalue weighted by molar-refractivity contribution is 6.17. The average molecular weight is 309 g/mol. The number of imidazole rings is 1. The first kappa shape index (κ1) is 15.8. The largest absolute Gasteiger partial charge is 0.341 e. The van der Waals surface area contributed by atoms with Gasteiger partial charge in [0, 0.05) is 31.6 Å². The highest BCUT2D eigenvalue weighted by atomic mass is 35.5.